The Kier molecular flexibility index (Phi) is 6.67. The molecule has 2 aromatic carbocycles. The molecule has 0 spiro atoms. The first-order valence-electron chi connectivity index (χ1n) is 8.26. The lowest BCUT2D eigenvalue weighted by molar-refractivity contribution is -0.384. The third-order valence-corrected chi connectivity index (χ3v) is 5.82. The molecule has 11 heteroatoms. The summed E-state index contributed by atoms with van der Waals surface area (Å²) < 4.78 is 31.1. The Morgan fingerprint density at radius 3 is 2.31 bits per heavy atom. The molecule has 0 atom stereocenters. The van der Waals surface area contributed by atoms with Crippen molar-refractivity contribution in [3.05, 3.63) is 58.1 Å². The molecule has 154 valence electrons. The normalized spacial score (nSPS) is 11.2. The van der Waals surface area contributed by atoms with Crippen molar-refractivity contribution in [1.29, 1.82) is 0 Å². The number of rotatable bonds is 8. The number of nitrogens with zero attached hydrogens (tertiary/aromatic N) is 2. The standard InChI is InChI=1S/C18H19N3O7S/c1-12(22)13-4-7-15(8-5-13)29(26,27)20(2)11-18(23)19-16-10-14(21(24)25)6-9-17(16)28-3/h4-10H,11H2,1-3H3,(H,19,23). The minimum Gasteiger partial charge on any atom is -0.495 e. The zero-order valence-corrected chi connectivity index (χ0v) is 16.7. The third kappa shape index (κ3) is 5.15. The first-order chi connectivity index (χ1) is 13.6. The molecular weight excluding hydrogens is 402 g/mol. The predicted octanol–water partition coefficient (Wildman–Crippen LogP) is 2.07. The van der Waals surface area contributed by atoms with Gasteiger partial charge in [0.15, 0.2) is 5.78 Å². The molecule has 1 N–H and O–H groups in total. The van der Waals surface area contributed by atoms with Crippen molar-refractivity contribution >= 4 is 33.1 Å². The number of carbonyl (C=O) groups is 2. The van der Waals surface area contributed by atoms with E-state index in [0.29, 0.717) is 5.56 Å². The van der Waals surface area contributed by atoms with E-state index in [9.17, 15) is 28.1 Å². The number of non-ortho nitro benzene ring substituents is 1. The van der Waals surface area contributed by atoms with Crippen LogP contribution in [-0.4, -0.2) is 50.0 Å². The van der Waals surface area contributed by atoms with Gasteiger partial charge in [0.2, 0.25) is 15.9 Å². The molecule has 10 nitrogen and oxygen atoms in total. The van der Waals surface area contributed by atoms with Gasteiger partial charge in [-0.25, -0.2) is 8.42 Å². The van der Waals surface area contributed by atoms with Gasteiger partial charge in [-0.1, -0.05) is 12.1 Å². The summed E-state index contributed by atoms with van der Waals surface area (Å²) >= 11 is 0. The molecular formula is C18H19N3O7S. The molecule has 0 bridgehead atoms. The summed E-state index contributed by atoms with van der Waals surface area (Å²) in [7, 11) is -1.43. The van der Waals surface area contributed by atoms with Crippen molar-refractivity contribution in [1.82, 2.24) is 4.31 Å². The number of amides is 1. The molecule has 29 heavy (non-hydrogen) atoms. The summed E-state index contributed by atoms with van der Waals surface area (Å²) in [5, 5.41) is 13.3. The van der Waals surface area contributed by atoms with Crippen molar-refractivity contribution in [2.24, 2.45) is 0 Å². The number of methoxy groups -OCH3 is 1. The van der Waals surface area contributed by atoms with Gasteiger partial charge >= 0.3 is 0 Å². The Hall–Kier alpha value is -3.31. The van der Waals surface area contributed by atoms with Crippen LogP contribution in [0.2, 0.25) is 0 Å². The van der Waals surface area contributed by atoms with Crippen LogP contribution in [0.3, 0.4) is 0 Å². The van der Waals surface area contributed by atoms with Gasteiger partial charge in [-0.05, 0) is 25.1 Å². The van der Waals surface area contributed by atoms with Gasteiger partial charge in [-0.2, -0.15) is 4.31 Å². The molecule has 1 amide bonds. The fraction of sp³-hybridized carbons (Fsp3) is 0.222. The van der Waals surface area contributed by atoms with Crippen LogP contribution < -0.4 is 10.1 Å². The fourth-order valence-electron chi connectivity index (χ4n) is 2.43. The highest BCUT2D eigenvalue weighted by atomic mass is 32.2. The number of carbonyl (C=O) groups excluding carboxylic acids is 2. The number of anilines is 1. The molecule has 0 fully saturated rings. The van der Waals surface area contributed by atoms with E-state index in [4.69, 9.17) is 4.74 Å². The number of ketones is 1. The molecule has 0 saturated heterocycles. The first kappa shape index (κ1) is 22.0. The number of ether oxygens (including phenoxy) is 1. The van der Waals surface area contributed by atoms with Crippen molar-refractivity contribution in [3.63, 3.8) is 0 Å². The smallest absolute Gasteiger partial charge is 0.271 e. The van der Waals surface area contributed by atoms with E-state index in [0.717, 1.165) is 10.4 Å². The Bertz CT molecular complexity index is 1050. The van der Waals surface area contributed by atoms with Crippen LogP contribution >= 0.6 is 0 Å². The van der Waals surface area contributed by atoms with Gasteiger partial charge in [0.1, 0.15) is 5.75 Å². The highest BCUT2D eigenvalue weighted by Gasteiger charge is 2.24. The van der Waals surface area contributed by atoms with Crippen LogP contribution in [0.1, 0.15) is 17.3 Å². The Balaban J connectivity index is 2.17. The van der Waals surface area contributed by atoms with Crippen LogP contribution in [0.15, 0.2) is 47.4 Å². The van der Waals surface area contributed by atoms with Crippen LogP contribution in [-0.2, 0) is 14.8 Å². The second kappa shape index (κ2) is 8.80. The third-order valence-electron chi connectivity index (χ3n) is 4.00. The summed E-state index contributed by atoms with van der Waals surface area (Å²) in [5.74, 6) is -0.725. The van der Waals surface area contributed by atoms with Gasteiger partial charge < -0.3 is 10.1 Å². The number of likely N-dealkylation sites (N-methyl/N-ethyl adjacent to an activating group) is 1. The Morgan fingerprint density at radius 2 is 1.79 bits per heavy atom. The maximum Gasteiger partial charge on any atom is 0.271 e. The number of Topliss-reactive ketones (excluding diaryl/α,β-unsaturated/α-hetero) is 1. The molecule has 0 aliphatic rings. The lowest BCUT2D eigenvalue weighted by Gasteiger charge is -2.17. The highest BCUT2D eigenvalue weighted by molar-refractivity contribution is 7.89. The van der Waals surface area contributed by atoms with E-state index < -0.39 is 27.4 Å². The second-order valence-corrected chi connectivity index (χ2v) is 8.08. The maximum atomic E-state index is 12.6. The Labute approximate surface area is 167 Å². The van der Waals surface area contributed by atoms with Crippen molar-refractivity contribution in [2.75, 3.05) is 26.0 Å². The summed E-state index contributed by atoms with van der Waals surface area (Å²) in [5.41, 5.74) is 0.151. The number of hydrogen-bond donors (Lipinski definition) is 1. The zero-order valence-electron chi connectivity index (χ0n) is 15.9. The molecule has 2 aromatic rings. The second-order valence-electron chi connectivity index (χ2n) is 6.03. The number of benzene rings is 2. The molecule has 0 saturated carbocycles. The first-order valence-corrected chi connectivity index (χ1v) is 9.70. The summed E-state index contributed by atoms with van der Waals surface area (Å²) in [6, 6.07) is 8.99. The van der Waals surface area contributed by atoms with E-state index in [1.807, 2.05) is 0 Å². The van der Waals surface area contributed by atoms with Crippen LogP contribution in [0.5, 0.6) is 5.75 Å². The molecule has 0 radical (unpaired) electrons. The summed E-state index contributed by atoms with van der Waals surface area (Å²) in [4.78, 5) is 33.8. The minimum atomic E-state index is -3.98. The topological polar surface area (TPSA) is 136 Å². The molecule has 0 heterocycles. The molecule has 0 unspecified atom stereocenters. The average molecular weight is 421 g/mol. The number of hydrogen-bond acceptors (Lipinski definition) is 7. The summed E-state index contributed by atoms with van der Waals surface area (Å²) in [6.45, 7) is 0.824. The van der Waals surface area contributed by atoms with Gasteiger partial charge in [0, 0.05) is 24.7 Å². The predicted molar refractivity (Wildman–Crippen MR) is 105 cm³/mol. The summed E-state index contributed by atoms with van der Waals surface area (Å²) in [6.07, 6.45) is 0. The minimum absolute atomic E-state index is 0.0447. The molecule has 2 rings (SSSR count). The average Bonchev–Trinajstić information content (AvgIpc) is 2.67. The van der Waals surface area contributed by atoms with E-state index in [1.54, 1.807) is 0 Å². The van der Waals surface area contributed by atoms with E-state index >= 15 is 0 Å². The molecule has 0 aliphatic carbocycles. The van der Waals surface area contributed by atoms with Gasteiger partial charge in [0.25, 0.3) is 5.69 Å². The zero-order chi connectivity index (χ0) is 21.8. The van der Waals surface area contributed by atoms with E-state index in [2.05, 4.69) is 5.32 Å². The van der Waals surface area contributed by atoms with E-state index in [1.165, 1.54) is 57.5 Å². The van der Waals surface area contributed by atoms with Crippen LogP contribution in [0.4, 0.5) is 11.4 Å². The number of nitro benzene ring substituents is 1. The van der Waals surface area contributed by atoms with Gasteiger partial charge in [-0.3, -0.25) is 19.7 Å². The van der Waals surface area contributed by atoms with Crippen molar-refractivity contribution < 1.29 is 27.7 Å². The lowest BCUT2D eigenvalue weighted by Crippen LogP contribution is -2.35. The SMILES string of the molecule is COc1ccc([N+](=O)[O-])cc1NC(=O)CN(C)S(=O)(=O)c1ccc(C(C)=O)cc1. The van der Waals surface area contributed by atoms with Crippen molar-refractivity contribution in [2.45, 2.75) is 11.8 Å². The van der Waals surface area contributed by atoms with Gasteiger partial charge in [0.05, 0.1) is 29.2 Å². The van der Waals surface area contributed by atoms with Crippen LogP contribution in [0.25, 0.3) is 0 Å². The van der Waals surface area contributed by atoms with Crippen molar-refractivity contribution in [3.8, 4) is 5.75 Å². The molecule has 0 aliphatic heterocycles. The Morgan fingerprint density at radius 1 is 1.17 bits per heavy atom. The van der Waals surface area contributed by atoms with E-state index in [-0.39, 0.29) is 27.8 Å². The number of nitrogens with one attached hydrogen (secondary N) is 1. The highest BCUT2D eigenvalue weighted by Crippen LogP contribution is 2.29. The lowest BCUT2D eigenvalue weighted by atomic mass is 10.2. The maximum absolute atomic E-state index is 12.6. The number of nitro groups is 1. The van der Waals surface area contributed by atoms with Crippen LogP contribution in [0, 0.1) is 10.1 Å². The van der Waals surface area contributed by atoms with Gasteiger partial charge in [-0.15, -0.1) is 0 Å². The largest absolute Gasteiger partial charge is 0.495 e. The quantitative estimate of drug-likeness (QED) is 0.391. The monoisotopic (exact) mass is 421 g/mol. The molecule has 0 aromatic heterocycles. The fourth-order valence-corrected chi connectivity index (χ4v) is 3.55. The number of sulfonamides is 1.